The summed E-state index contributed by atoms with van der Waals surface area (Å²) in [7, 11) is 1.66. The van der Waals surface area contributed by atoms with Gasteiger partial charge in [-0.2, -0.15) is 0 Å². The van der Waals surface area contributed by atoms with Gasteiger partial charge in [0.15, 0.2) is 0 Å². The molecule has 1 aromatic rings. The van der Waals surface area contributed by atoms with E-state index in [1.54, 1.807) is 19.2 Å². The number of carbonyl (C=O) groups excluding carboxylic acids is 1. The van der Waals surface area contributed by atoms with E-state index < -0.39 is 6.03 Å². The molecule has 0 radical (unpaired) electrons. The van der Waals surface area contributed by atoms with Gasteiger partial charge in [-0.25, -0.2) is 4.79 Å². The summed E-state index contributed by atoms with van der Waals surface area (Å²) in [4.78, 5) is 10.6. The van der Waals surface area contributed by atoms with E-state index in [1.165, 1.54) is 0 Å². The number of urea groups is 1. The van der Waals surface area contributed by atoms with Gasteiger partial charge in [0.2, 0.25) is 0 Å². The summed E-state index contributed by atoms with van der Waals surface area (Å²) in [6.07, 6.45) is 0. The van der Waals surface area contributed by atoms with Crippen LogP contribution >= 0.6 is 0 Å². The van der Waals surface area contributed by atoms with Crippen molar-refractivity contribution in [1.82, 2.24) is 0 Å². The summed E-state index contributed by atoms with van der Waals surface area (Å²) < 4.78 is 5.02. The molecule has 0 aliphatic heterocycles. The second kappa shape index (κ2) is 5.97. The first-order valence-electron chi connectivity index (χ1n) is 5.04. The van der Waals surface area contributed by atoms with Gasteiger partial charge in [0, 0.05) is 24.5 Å². The van der Waals surface area contributed by atoms with Crippen molar-refractivity contribution in [3.63, 3.8) is 0 Å². The molecule has 1 atom stereocenters. The second-order valence-corrected chi connectivity index (χ2v) is 3.57. The molecule has 1 aromatic carbocycles. The van der Waals surface area contributed by atoms with Crippen LogP contribution in [0.15, 0.2) is 24.3 Å². The fraction of sp³-hybridized carbons (Fsp3) is 0.364. The van der Waals surface area contributed by atoms with Crippen molar-refractivity contribution < 1.29 is 9.53 Å². The maximum atomic E-state index is 10.6. The molecule has 0 aliphatic carbocycles. The van der Waals surface area contributed by atoms with Crippen LogP contribution in [0.4, 0.5) is 16.2 Å². The average molecular weight is 223 g/mol. The molecule has 0 saturated carbocycles. The standard InChI is InChI=1S/C11H17N3O2/c1-8(7-16-2)13-9-3-5-10(6-4-9)14-11(12)15/h3-6,8,13H,7H2,1-2H3,(H3,12,14,15). The zero-order valence-corrected chi connectivity index (χ0v) is 9.49. The minimum absolute atomic E-state index is 0.236. The fourth-order valence-corrected chi connectivity index (χ4v) is 1.37. The Kier molecular flexibility index (Phi) is 4.60. The number of nitrogens with two attached hydrogens (primary N) is 1. The van der Waals surface area contributed by atoms with E-state index in [0.717, 1.165) is 5.69 Å². The number of primary amides is 1. The third-order valence-electron chi connectivity index (χ3n) is 1.98. The van der Waals surface area contributed by atoms with Crippen molar-refractivity contribution >= 4 is 17.4 Å². The number of carbonyl (C=O) groups is 1. The zero-order chi connectivity index (χ0) is 12.0. The summed E-state index contributed by atoms with van der Waals surface area (Å²) >= 11 is 0. The zero-order valence-electron chi connectivity index (χ0n) is 9.49. The number of hydrogen-bond donors (Lipinski definition) is 3. The Bertz CT molecular complexity index is 338. The highest BCUT2D eigenvalue weighted by atomic mass is 16.5. The molecule has 5 heteroatoms. The predicted octanol–water partition coefficient (Wildman–Crippen LogP) is 1.62. The molecule has 1 unspecified atom stereocenters. The van der Waals surface area contributed by atoms with Crippen molar-refractivity contribution in [2.45, 2.75) is 13.0 Å². The Balaban J connectivity index is 2.54. The van der Waals surface area contributed by atoms with Gasteiger partial charge >= 0.3 is 6.03 Å². The Morgan fingerprint density at radius 3 is 2.44 bits per heavy atom. The van der Waals surface area contributed by atoms with E-state index in [9.17, 15) is 4.79 Å². The Hall–Kier alpha value is -1.75. The van der Waals surface area contributed by atoms with Crippen LogP contribution in [-0.2, 0) is 4.74 Å². The van der Waals surface area contributed by atoms with Crippen molar-refractivity contribution in [3.05, 3.63) is 24.3 Å². The summed E-state index contributed by atoms with van der Waals surface area (Å²) in [5.41, 5.74) is 6.65. The largest absolute Gasteiger partial charge is 0.383 e. The van der Waals surface area contributed by atoms with Crippen LogP contribution in [0.5, 0.6) is 0 Å². The first-order valence-corrected chi connectivity index (χ1v) is 5.04. The summed E-state index contributed by atoms with van der Waals surface area (Å²) in [5, 5.41) is 5.75. The number of rotatable bonds is 5. The molecule has 0 spiro atoms. The number of ether oxygens (including phenoxy) is 1. The highest BCUT2D eigenvalue weighted by Gasteiger charge is 2.01. The first-order chi connectivity index (χ1) is 7.61. The first kappa shape index (κ1) is 12.3. The summed E-state index contributed by atoms with van der Waals surface area (Å²) in [6.45, 7) is 2.67. The van der Waals surface area contributed by atoms with E-state index in [4.69, 9.17) is 10.5 Å². The SMILES string of the molecule is COCC(C)Nc1ccc(NC(N)=O)cc1. The average Bonchev–Trinajstić information content (AvgIpc) is 2.20. The number of amides is 2. The van der Waals surface area contributed by atoms with Crippen molar-refractivity contribution in [3.8, 4) is 0 Å². The number of benzene rings is 1. The summed E-state index contributed by atoms with van der Waals surface area (Å²) in [6, 6.07) is 6.99. The van der Waals surface area contributed by atoms with Crippen LogP contribution in [0, 0.1) is 0 Å². The smallest absolute Gasteiger partial charge is 0.316 e. The Morgan fingerprint density at radius 2 is 1.94 bits per heavy atom. The molecule has 0 aromatic heterocycles. The Labute approximate surface area is 95.0 Å². The third-order valence-corrected chi connectivity index (χ3v) is 1.98. The molecule has 0 aliphatic rings. The van der Waals surface area contributed by atoms with Gasteiger partial charge in [-0.15, -0.1) is 0 Å². The number of anilines is 2. The van der Waals surface area contributed by atoms with Gasteiger partial charge in [-0.05, 0) is 31.2 Å². The van der Waals surface area contributed by atoms with E-state index in [2.05, 4.69) is 10.6 Å². The van der Waals surface area contributed by atoms with Crippen LogP contribution in [0.25, 0.3) is 0 Å². The molecule has 4 N–H and O–H groups in total. The molecule has 2 amide bonds. The topological polar surface area (TPSA) is 76.4 Å². The van der Waals surface area contributed by atoms with Crippen LogP contribution in [0.2, 0.25) is 0 Å². The quantitative estimate of drug-likeness (QED) is 0.710. The van der Waals surface area contributed by atoms with Crippen molar-refractivity contribution in [2.24, 2.45) is 5.73 Å². The van der Waals surface area contributed by atoms with Crippen LogP contribution in [0.3, 0.4) is 0 Å². The minimum atomic E-state index is -0.562. The highest BCUT2D eigenvalue weighted by molar-refractivity contribution is 5.87. The molecule has 1 rings (SSSR count). The molecule has 0 bridgehead atoms. The molecule has 0 heterocycles. The lowest BCUT2D eigenvalue weighted by molar-refractivity contribution is 0.190. The molecular weight excluding hydrogens is 206 g/mol. The Morgan fingerprint density at radius 1 is 1.38 bits per heavy atom. The molecular formula is C11H17N3O2. The van der Waals surface area contributed by atoms with Crippen LogP contribution in [-0.4, -0.2) is 25.8 Å². The molecule has 5 nitrogen and oxygen atoms in total. The van der Waals surface area contributed by atoms with E-state index in [0.29, 0.717) is 12.3 Å². The summed E-state index contributed by atoms with van der Waals surface area (Å²) in [5.74, 6) is 0. The highest BCUT2D eigenvalue weighted by Crippen LogP contribution is 2.14. The van der Waals surface area contributed by atoms with Gasteiger partial charge in [0.05, 0.1) is 6.61 Å². The monoisotopic (exact) mass is 223 g/mol. The fourth-order valence-electron chi connectivity index (χ4n) is 1.37. The lowest BCUT2D eigenvalue weighted by atomic mass is 10.2. The van der Waals surface area contributed by atoms with Gasteiger partial charge in [-0.3, -0.25) is 0 Å². The normalized spacial score (nSPS) is 11.9. The van der Waals surface area contributed by atoms with Gasteiger partial charge < -0.3 is 21.1 Å². The molecule has 16 heavy (non-hydrogen) atoms. The van der Waals surface area contributed by atoms with E-state index >= 15 is 0 Å². The van der Waals surface area contributed by atoms with Crippen LogP contribution in [0.1, 0.15) is 6.92 Å². The van der Waals surface area contributed by atoms with Crippen molar-refractivity contribution in [2.75, 3.05) is 24.4 Å². The molecule has 0 fully saturated rings. The number of nitrogens with one attached hydrogen (secondary N) is 2. The van der Waals surface area contributed by atoms with Gasteiger partial charge in [-0.1, -0.05) is 0 Å². The van der Waals surface area contributed by atoms with Crippen LogP contribution < -0.4 is 16.4 Å². The van der Waals surface area contributed by atoms with Gasteiger partial charge in [0.1, 0.15) is 0 Å². The molecule has 0 saturated heterocycles. The predicted molar refractivity (Wildman–Crippen MR) is 64.6 cm³/mol. The maximum Gasteiger partial charge on any atom is 0.316 e. The third kappa shape index (κ3) is 4.18. The number of methoxy groups -OCH3 is 1. The maximum absolute atomic E-state index is 10.6. The molecule has 88 valence electrons. The lowest BCUT2D eigenvalue weighted by Gasteiger charge is -2.14. The minimum Gasteiger partial charge on any atom is -0.383 e. The van der Waals surface area contributed by atoms with Crippen molar-refractivity contribution in [1.29, 1.82) is 0 Å². The van der Waals surface area contributed by atoms with E-state index in [1.807, 2.05) is 19.1 Å². The van der Waals surface area contributed by atoms with Gasteiger partial charge in [0.25, 0.3) is 0 Å². The van der Waals surface area contributed by atoms with E-state index in [-0.39, 0.29) is 6.04 Å². The lowest BCUT2D eigenvalue weighted by Crippen LogP contribution is -2.21. The number of hydrogen-bond acceptors (Lipinski definition) is 3. The second-order valence-electron chi connectivity index (χ2n) is 3.57.